The molecule has 1 aliphatic heterocycles. The summed E-state index contributed by atoms with van der Waals surface area (Å²) >= 11 is 0. The van der Waals surface area contributed by atoms with E-state index in [0.717, 1.165) is 44.9 Å². The van der Waals surface area contributed by atoms with Gasteiger partial charge in [-0.2, -0.15) is 0 Å². The Balaban J connectivity index is 1.98. The van der Waals surface area contributed by atoms with Gasteiger partial charge in [0.05, 0.1) is 18.8 Å². The largest absolute Gasteiger partial charge is 0.462 e. The molecule has 0 aromatic rings. The normalized spacial score (nSPS) is 17.5. The molecule has 1 saturated heterocycles. The third-order valence-corrected chi connectivity index (χ3v) is 7.34. The maximum Gasteiger partial charge on any atom is 0.306 e. The molecule has 0 aliphatic carbocycles. The smallest absolute Gasteiger partial charge is 0.306 e. The third-order valence-electron chi connectivity index (χ3n) is 7.34. The highest BCUT2D eigenvalue weighted by molar-refractivity contribution is 5.70. The molecule has 0 saturated carbocycles. The number of hydrogen-bond acceptors (Lipinski definition) is 6. The molecule has 0 spiro atoms. The topological polar surface area (TPSA) is 85.4 Å². The van der Waals surface area contributed by atoms with Crippen molar-refractivity contribution < 1.29 is 28.9 Å². The van der Waals surface area contributed by atoms with Crippen LogP contribution in [0.3, 0.4) is 0 Å². The average molecular weight is 577 g/mol. The van der Waals surface area contributed by atoms with E-state index in [0.29, 0.717) is 31.5 Å². The van der Waals surface area contributed by atoms with Gasteiger partial charge >= 0.3 is 11.9 Å². The Morgan fingerprint density at radius 3 is 1.90 bits per heavy atom. The summed E-state index contributed by atoms with van der Waals surface area (Å²) < 4.78 is 16.2. The lowest BCUT2D eigenvalue weighted by Crippen LogP contribution is -2.28. The van der Waals surface area contributed by atoms with Crippen molar-refractivity contribution in [2.45, 2.75) is 161 Å². The van der Waals surface area contributed by atoms with Gasteiger partial charge in [0.15, 0.2) is 6.10 Å². The fraction of sp³-hybridized carbons (Fsp3) is 0.771. The van der Waals surface area contributed by atoms with Crippen LogP contribution in [0.2, 0.25) is 0 Å². The highest BCUT2D eigenvalue weighted by Gasteiger charge is 2.35. The van der Waals surface area contributed by atoms with Crippen molar-refractivity contribution in [1.29, 1.82) is 0 Å². The van der Waals surface area contributed by atoms with E-state index in [1.54, 1.807) is 0 Å². The molecule has 41 heavy (non-hydrogen) atoms. The molecule has 1 N–H and O–H groups in total. The van der Waals surface area contributed by atoms with Crippen LogP contribution in [-0.2, 0) is 23.8 Å². The van der Waals surface area contributed by atoms with Crippen LogP contribution in [0.25, 0.3) is 0 Å². The summed E-state index contributed by atoms with van der Waals surface area (Å²) in [6, 6.07) is 0. The quantitative estimate of drug-likeness (QED) is 0.0434. The van der Waals surface area contributed by atoms with Crippen molar-refractivity contribution in [1.82, 2.24) is 0 Å². The second-order valence-electron chi connectivity index (χ2n) is 11.3. The van der Waals surface area contributed by atoms with E-state index in [4.69, 9.17) is 14.2 Å². The molecule has 236 valence electrons. The monoisotopic (exact) mass is 576 g/mol. The zero-order chi connectivity index (χ0) is 29.8. The van der Waals surface area contributed by atoms with E-state index in [1.807, 2.05) is 0 Å². The number of rotatable bonds is 28. The number of carbonyl (C=O) groups is 2. The van der Waals surface area contributed by atoms with Crippen LogP contribution in [0, 0.1) is 0 Å². The first-order chi connectivity index (χ1) is 20.1. The zero-order valence-corrected chi connectivity index (χ0v) is 26.2. The second-order valence-corrected chi connectivity index (χ2v) is 11.3. The molecule has 1 fully saturated rings. The van der Waals surface area contributed by atoms with Gasteiger partial charge in [-0.15, -0.1) is 0 Å². The van der Waals surface area contributed by atoms with Gasteiger partial charge in [0.1, 0.15) is 6.61 Å². The summed E-state index contributed by atoms with van der Waals surface area (Å²) in [6.45, 7) is 4.00. The van der Waals surface area contributed by atoms with E-state index < -0.39 is 6.10 Å². The minimum atomic E-state index is -0.793. The van der Waals surface area contributed by atoms with Crippen LogP contribution in [0.4, 0.5) is 0 Å². The van der Waals surface area contributed by atoms with E-state index in [-0.39, 0.29) is 25.2 Å². The minimum Gasteiger partial charge on any atom is -0.462 e. The number of allylic oxidation sites excluding steroid dienone is 4. The molecule has 6 nitrogen and oxygen atoms in total. The number of carbonyl (C=O) groups excluding carboxylic acids is 2. The maximum absolute atomic E-state index is 12.0. The zero-order valence-electron chi connectivity index (χ0n) is 26.2. The Morgan fingerprint density at radius 1 is 0.683 bits per heavy atom. The third kappa shape index (κ3) is 23.3. The van der Waals surface area contributed by atoms with Gasteiger partial charge in [-0.25, -0.2) is 0 Å². The summed E-state index contributed by atoms with van der Waals surface area (Å²) in [6.07, 6.45) is 33.7. The van der Waals surface area contributed by atoms with E-state index >= 15 is 0 Å². The molecule has 6 heteroatoms. The molecule has 0 radical (unpaired) electrons. The van der Waals surface area contributed by atoms with E-state index in [1.165, 1.54) is 64.2 Å². The van der Waals surface area contributed by atoms with Gasteiger partial charge < -0.3 is 19.3 Å². The first kappa shape index (κ1) is 37.1. The van der Waals surface area contributed by atoms with Crippen LogP contribution >= 0.6 is 0 Å². The lowest BCUT2D eigenvalue weighted by molar-refractivity contribution is -0.161. The lowest BCUT2D eigenvalue weighted by atomic mass is 10.1. The number of aliphatic hydroxyl groups excluding tert-OH is 1. The summed E-state index contributed by atoms with van der Waals surface area (Å²) in [5.74, 6) is -0.670. The first-order valence-electron chi connectivity index (χ1n) is 16.7. The molecule has 1 aliphatic rings. The Morgan fingerprint density at radius 2 is 1.22 bits per heavy atom. The van der Waals surface area contributed by atoms with Crippen molar-refractivity contribution in [3.63, 3.8) is 0 Å². The van der Waals surface area contributed by atoms with Gasteiger partial charge in [0.2, 0.25) is 0 Å². The fourth-order valence-electron chi connectivity index (χ4n) is 4.64. The number of hydrogen-bond donors (Lipinski definition) is 1. The number of ether oxygens (including phenoxy) is 3. The fourth-order valence-corrected chi connectivity index (χ4v) is 4.64. The number of epoxide rings is 1. The van der Waals surface area contributed by atoms with Gasteiger partial charge in [0, 0.05) is 12.8 Å². The Labute approximate surface area is 251 Å². The standard InChI is InChI=1S/C35H60O6/c1-3-5-7-9-11-13-15-17-21-25-32-33(41-32)26-22-19-20-23-27-34(37)39-30-31(29-36)40-35(38)28-24-18-16-14-12-10-8-6-4-2/h11,13,17,19,21-22,31-33,36H,3-10,12,14-16,18,20,23-30H2,1-2H3/b13-11-,21-17-,22-19-/t31-,32?,33?/m0/s1. The second kappa shape index (κ2) is 26.9. The molecule has 0 amide bonds. The average Bonchev–Trinajstić information content (AvgIpc) is 3.73. The molecule has 1 heterocycles. The number of aliphatic hydroxyl groups is 1. The van der Waals surface area contributed by atoms with Crippen LogP contribution in [-0.4, -0.2) is 48.6 Å². The predicted molar refractivity (Wildman–Crippen MR) is 168 cm³/mol. The molecule has 0 aromatic carbocycles. The van der Waals surface area contributed by atoms with Crippen LogP contribution in [0.1, 0.15) is 142 Å². The van der Waals surface area contributed by atoms with Crippen LogP contribution in [0.15, 0.2) is 36.5 Å². The molecule has 3 atom stereocenters. The van der Waals surface area contributed by atoms with Crippen molar-refractivity contribution in [3.05, 3.63) is 36.5 Å². The lowest BCUT2D eigenvalue weighted by Gasteiger charge is -2.15. The minimum absolute atomic E-state index is 0.0984. The first-order valence-corrected chi connectivity index (χ1v) is 16.7. The molecular formula is C35H60O6. The molecular weight excluding hydrogens is 516 g/mol. The summed E-state index contributed by atoms with van der Waals surface area (Å²) in [5.41, 5.74) is 0. The van der Waals surface area contributed by atoms with E-state index in [2.05, 4.69) is 50.3 Å². The van der Waals surface area contributed by atoms with Gasteiger partial charge in [-0.3, -0.25) is 9.59 Å². The number of unbranched alkanes of at least 4 members (excludes halogenated alkanes) is 12. The van der Waals surface area contributed by atoms with E-state index in [9.17, 15) is 14.7 Å². The molecule has 0 bridgehead atoms. The Hall–Kier alpha value is -1.92. The highest BCUT2D eigenvalue weighted by atomic mass is 16.6. The SMILES string of the molecule is CCCCC/C=C\C/C=C\CC1OC1C/C=C\CCCC(=O)OC[C@H](CO)OC(=O)CCCCCCCCCCC. The van der Waals surface area contributed by atoms with Gasteiger partial charge in [0.25, 0.3) is 0 Å². The Kier molecular flexibility index (Phi) is 24.4. The summed E-state index contributed by atoms with van der Waals surface area (Å²) in [7, 11) is 0. The molecule has 0 aromatic heterocycles. The van der Waals surface area contributed by atoms with Crippen molar-refractivity contribution in [2.75, 3.05) is 13.2 Å². The predicted octanol–water partition coefficient (Wildman–Crippen LogP) is 8.71. The maximum atomic E-state index is 12.0. The van der Waals surface area contributed by atoms with Crippen molar-refractivity contribution >= 4 is 11.9 Å². The highest BCUT2D eigenvalue weighted by Crippen LogP contribution is 2.29. The van der Waals surface area contributed by atoms with Crippen LogP contribution < -0.4 is 0 Å². The van der Waals surface area contributed by atoms with Crippen molar-refractivity contribution in [3.8, 4) is 0 Å². The summed E-state index contributed by atoms with van der Waals surface area (Å²) in [5, 5.41) is 9.48. The number of esters is 2. The van der Waals surface area contributed by atoms with Crippen molar-refractivity contribution in [2.24, 2.45) is 0 Å². The molecule has 1 rings (SSSR count). The molecule has 2 unspecified atom stereocenters. The van der Waals surface area contributed by atoms with Crippen LogP contribution in [0.5, 0.6) is 0 Å². The van der Waals surface area contributed by atoms with Gasteiger partial charge in [-0.1, -0.05) is 115 Å². The van der Waals surface area contributed by atoms with Gasteiger partial charge in [-0.05, 0) is 51.4 Å². The summed E-state index contributed by atoms with van der Waals surface area (Å²) in [4.78, 5) is 24.1. The Bertz CT molecular complexity index is 728.